The number of nitrogens with zero attached hydrogens (tertiary/aromatic N) is 6. The molecule has 10 heteroatoms. The average molecular weight is 502 g/mol. The second kappa shape index (κ2) is 8.99. The van der Waals surface area contributed by atoms with E-state index in [1.54, 1.807) is 48.3 Å². The first-order valence-electron chi connectivity index (χ1n) is 9.46. The van der Waals surface area contributed by atoms with Crippen LogP contribution in [0.4, 0.5) is 0 Å². The minimum Gasteiger partial charge on any atom is -0.495 e. The minimum atomic E-state index is -0.244. The lowest BCUT2D eigenvalue weighted by Crippen LogP contribution is -2.25. The maximum atomic E-state index is 13.2. The summed E-state index contributed by atoms with van der Waals surface area (Å²) in [5.74, 6) is 0.518. The number of tetrazole rings is 1. The van der Waals surface area contributed by atoms with Crippen molar-refractivity contribution in [2.75, 3.05) is 7.11 Å². The molecule has 0 spiro atoms. The fraction of sp³-hybridized carbons (Fsp3) is 0.190. The van der Waals surface area contributed by atoms with Crippen molar-refractivity contribution in [3.63, 3.8) is 0 Å². The molecule has 0 N–H and O–H groups in total. The summed E-state index contributed by atoms with van der Waals surface area (Å²) in [7, 11) is 1.56. The molecule has 0 bridgehead atoms. The first-order valence-corrected chi connectivity index (χ1v) is 10.6. The van der Waals surface area contributed by atoms with E-state index in [-0.39, 0.29) is 11.6 Å². The molecule has 1 aromatic carbocycles. The van der Waals surface area contributed by atoms with Gasteiger partial charge in [0, 0.05) is 32.9 Å². The molecule has 0 aliphatic rings. The summed E-state index contributed by atoms with van der Waals surface area (Å²) in [6.07, 6.45) is 5.58. The summed E-state index contributed by atoms with van der Waals surface area (Å²) in [6.45, 7) is 2.01. The van der Waals surface area contributed by atoms with Crippen LogP contribution in [-0.2, 0) is 0 Å². The van der Waals surface area contributed by atoms with Gasteiger partial charge in [-0.2, -0.15) is 4.68 Å². The van der Waals surface area contributed by atoms with Crippen molar-refractivity contribution in [2.24, 2.45) is 0 Å². The third-order valence-corrected chi connectivity index (χ3v) is 5.64. The molecule has 0 radical (unpaired) electrons. The largest absolute Gasteiger partial charge is 0.495 e. The maximum Gasteiger partial charge on any atom is 0.252 e. The van der Waals surface area contributed by atoms with Crippen LogP contribution < -0.4 is 10.3 Å². The van der Waals surface area contributed by atoms with Gasteiger partial charge in [-0.15, -0.1) is 5.10 Å². The van der Waals surface area contributed by atoms with Gasteiger partial charge in [-0.25, -0.2) is 0 Å². The second-order valence-electron chi connectivity index (χ2n) is 6.74. The lowest BCUT2D eigenvalue weighted by molar-refractivity contribution is 0.405. The predicted octanol–water partition coefficient (Wildman–Crippen LogP) is 4.31. The van der Waals surface area contributed by atoms with E-state index in [9.17, 15) is 4.79 Å². The van der Waals surface area contributed by atoms with Crippen LogP contribution in [0.25, 0.3) is 16.8 Å². The van der Waals surface area contributed by atoms with Gasteiger partial charge < -0.3 is 9.30 Å². The Morgan fingerprint density at radius 2 is 2.03 bits per heavy atom. The van der Waals surface area contributed by atoms with E-state index in [0.29, 0.717) is 34.0 Å². The summed E-state index contributed by atoms with van der Waals surface area (Å²) in [6, 6.07) is 10.3. The van der Waals surface area contributed by atoms with E-state index in [1.807, 2.05) is 19.1 Å². The van der Waals surface area contributed by atoms with Crippen LogP contribution in [0.15, 0.2) is 64.4 Å². The number of ether oxygens (including phenoxy) is 1. The van der Waals surface area contributed by atoms with Gasteiger partial charge in [0.1, 0.15) is 12.1 Å². The van der Waals surface area contributed by atoms with Crippen LogP contribution in [0.2, 0.25) is 5.02 Å². The van der Waals surface area contributed by atoms with Crippen LogP contribution in [0.5, 0.6) is 5.75 Å². The monoisotopic (exact) mass is 500 g/mol. The molecule has 0 saturated heterocycles. The molecule has 158 valence electrons. The van der Waals surface area contributed by atoms with Crippen molar-refractivity contribution in [3.8, 4) is 22.6 Å². The smallest absolute Gasteiger partial charge is 0.252 e. The molecule has 3 aromatic heterocycles. The molecule has 4 aromatic rings. The minimum absolute atomic E-state index is 0.188. The zero-order valence-electron chi connectivity index (χ0n) is 16.7. The molecule has 4 rings (SSSR count). The predicted molar refractivity (Wildman–Crippen MR) is 121 cm³/mol. The first-order chi connectivity index (χ1) is 15.0. The molecule has 1 unspecified atom stereocenters. The highest BCUT2D eigenvalue weighted by Crippen LogP contribution is 2.35. The van der Waals surface area contributed by atoms with Gasteiger partial charge in [-0.3, -0.25) is 9.78 Å². The molecule has 0 amide bonds. The number of benzene rings is 1. The third kappa shape index (κ3) is 4.24. The molecule has 3 heterocycles. The highest BCUT2D eigenvalue weighted by molar-refractivity contribution is 9.10. The number of hydrogen-bond acceptors (Lipinski definition) is 6. The van der Waals surface area contributed by atoms with Crippen molar-refractivity contribution in [1.29, 1.82) is 0 Å². The van der Waals surface area contributed by atoms with E-state index < -0.39 is 0 Å². The van der Waals surface area contributed by atoms with Crippen molar-refractivity contribution >= 4 is 27.5 Å². The van der Waals surface area contributed by atoms with E-state index in [1.165, 1.54) is 11.0 Å². The zero-order chi connectivity index (χ0) is 22.0. The van der Waals surface area contributed by atoms with Gasteiger partial charge in [0.05, 0.1) is 30.7 Å². The van der Waals surface area contributed by atoms with Crippen molar-refractivity contribution in [3.05, 3.63) is 80.7 Å². The number of halogens is 2. The normalized spacial score (nSPS) is 12.0. The Hall–Kier alpha value is -3.04. The van der Waals surface area contributed by atoms with Crippen LogP contribution in [0.3, 0.4) is 0 Å². The Morgan fingerprint density at radius 3 is 2.71 bits per heavy atom. The van der Waals surface area contributed by atoms with Crippen LogP contribution in [-0.4, -0.2) is 36.9 Å². The number of methoxy groups -OCH3 is 1. The van der Waals surface area contributed by atoms with E-state index >= 15 is 0 Å². The van der Waals surface area contributed by atoms with Crippen LogP contribution >= 0.6 is 27.5 Å². The second-order valence-corrected chi connectivity index (χ2v) is 8.09. The Labute approximate surface area is 191 Å². The van der Waals surface area contributed by atoms with E-state index in [4.69, 9.17) is 16.3 Å². The quantitative estimate of drug-likeness (QED) is 0.391. The van der Waals surface area contributed by atoms with Crippen molar-refractivity contribution < 1.29 is 4.74 Å². The number of rotatable bonds is 6. The van der Waals surface area contributed by atoms with E-state index in [2.05, 4.69) is 36.4 Å². The van der Waals surface area contributed by atoms with Crippen LogP contribution in [0.1, 0.15) is 25.1 Å². The van der Waals surface area contributed by atoms with Gasteiger partial charge in [0.25, 0.3) is 5.56 Å². The Kier molecular flexibility index (Phi) is 6.15. The summed E-state index contributed by atoms with van der Waals surface area (Å²) in [5, 5.41) is 11.9. The van der Waals surface area contributed by atoms with Gasteiger partial charge in [-0.05, 0) is 47.2 Å². The van der Waals surface area contributed by atoms with Crippen molar-refractivity contribution in [2.45, 2.75) is 19.4 Å². The Morgan fingerprint density at radius 1 is 1.19 bits per heavy atom. The molecule has 0 aliphatic carbocycles. The third-order valence-electron chi connectivity index (χ3n) is 4.92. The molecule has 0 saturated carbocycles. The topological polar surface area (TPSA) is 87.7 Å². The zero-order valence-corrected chi connectivity index (χ0v) is 19.1. The molecule has 8 nitrogen and oxygen atoms in total. The molecule has 0 fully saturated rings. The summed E-state index contributed by atoms with van der Waals surface area (Å²) >= 11 is 9.74. The molecule has 31 heavy (non-hydrogen) atoms. The Balaban J connectivity index is 1.89. The molecular formula is C21H18BrClN6O2. The van der Waals surface area contributed by atoms with Gasteiger partial charge in [-0.1, -0.05) is 34.5 Å². The fourth-order valence-corrected chi connectivity index (χ4v) is 4.02. The molecular weight excluding hydrogens is 484 g/mol. The van der Waals surface area contributed by atoms with Gasteiger partial charge >= 0.3 is 0 Å². The van der Waals surface area contributed by atoms with Gasteiger partial charge in [0.15, 0.2) is 0 Å². The summed E-state index contributed by atoms with van der Waals surface area (Å²) in [5.41, 5.74) is 2.53. The first kappa shape index (κ1) is 21.2. The number of hydrogen-bond donors (Lipinski definition) is 0. The average Bonchev–Trinajstić information content (AvgIpc) is 3.30. The summed E-state index contributed by atoms with van der Waals surface area (Å²) in [4.78, 5) is 17.7. The maximum absolute atomic E-state index is 13.2. The summed E-state index contributed by atoms with van der Waals surface area (Å²) < 4.78 is 9.72. The molecule has 1 atom stereocenters. The number of aromatic nitrogens is 6. The Bertz CT molecular complexity index is 1280. The number of pyridine rings is 2. The van der Waals surface area contributed by atoms with Crippen molar-refractivity contribution in [1.82, 2.24) is 29.8 Å². The van der Waals surface area contributed by atoms with E-state index in [0.717, 1.165) is 10.2 Å². The van der Waals surface area contributed by atoms with Crippen LogP contribution in [0, 0.1) is 0 Å². The standard InChI is InChI=1S/C21H18BrClN6O2/c1-3-18(17-8-13(22)6-7-24-17)28-11-20(31-2)16(10-21(28)30)15-9-14(23)4-5-19(15)29-12-25-26-27-29/h4-12,18H,3H2,1-2H3. The SMILES string of the molecule is CCC(c1cc(Br)ccn1)n1cc(OC)c(-c2cc(Cl)ccc2-n2cnnn2)cc1=O. The lowest BCUT2D eigenvalue weighted by Gasteiger charge is -2.21. The molecule has 0 aliphatic heterocycles. The highest BCUT2D eigenvalue weighted by atomic mass is 79.9. The lowest BCUT2D eigenvalue weighted by atomic mass is 10.0. The fourth-order valence-electron chi connectivity index (χ4n) is 3.49. The van der Waals surface area contributed by atoms with Gasteiger partial charge in [0.2, 0.25) is 0 Å². The highest BCUT2D eigenvalue weighted by Gasteiger charge is 2.20.